The van der Waals surface area contributed by atoms with Gasteiger partial charge in [0, 0.05) is 20.0 Å². The van der Waals surface area contributed by atoms with Gasteiger partial charge in [0.25, 0.3) is 0 Å². The van der Waals surface area contributed by atoms with E-state index in [0.29, 0.717) is 6.54 Å². The van der Waals surface area contributed by atoms with Crippen LogP contribution in [0.5, 0.6) is 0 Å². The number of ether oxygens (including phenoxy) is 1. The Labute approximate surface area is 183 Å². The molecule has 31 heavy (non-hydrogen) atoms. The van der Waals surface area contributed by atoms with Gasteiger partial charge in [-0.1, -0.05) is 54.1 Å². The first-order chi connectivity index (χ1) is 14.7. The number of rotatable bonds is 10. The smallest absolute Gasteiger partial charge is 0.302 e. The molecule has 0 radical (unpaired) electrons. The highest BCUT2D eigenvalue weighted by molar-refractivity contribution is 7.89. The zero-order valence-corrected chi connectivity index (χ0v) is 18.8. The fourth-order valence-corrected chi connectivity index (χ4v) is 4.01. The Morgan fingerprint density at radius 2 is 1.71 bits per heavy atom. The van der Waals surface area contributed by atoms with E-state index in [2.05, 4.69) is 4.72 Å². The van der Waals surface area contributed by atoms with Crippen LogP contribution in [0, 0.1) is 6.92 Å². The lowest BCUT2D eigenvalue weighted by molar-refractivity contribution is -0.139. The van der Waals surface area contributed by atoms with E-state index in [0.717, 1.165) is 11.1 Å². The van der Waals surface area contributed by atoms with Crippen molar-refractivity contribution in [3.05, 3.63) is 77.9 Å². The molecule has 0 saturated heterocycles. The van der Waals surface area contributed by atoms with E-state index in [-0.39, 0.29) is 29.9 Å². The van der Waals surface area contributed by atoms with Crippen LogP contribution in [-0.4, -0.2) is 44.4 Å². The van der Waals surface area contributed by atoms with Crippen LogP contribution in [0.15, 0.2) is 71.6 Å². The fourth-order valence-electron chi connectivity index (χ4n) is 2.81. The van der Waals surface area contributed by atoms with Crippen molar-refractivity contribution in [3.8, 4) is 0 Å². The molecule has 1 N–H and O–H groups in total. The summed E-state index contributed by atoms with van der Waals surface area (Å²) in [6, 6.07) is 14.9. The lowest BCUT2D eigenvalue weighted by atomic mass is 10.2. The maximum absolute atomic E-state index is 13.1. The average Bonchev–Trinajstić information content (AvgIpc) is 2.72. The van der Waals surface area contributed by atoms with Crippen molar-refractivity contribution in [2.24, 2.45) is 0 Å². The van der Waals surface area contributed by atoms with Gasteiger partial charge in [0.2, 0.25) is 15.9 Å². The topological polar surface area (TPSA) is 92.8 Å². The number of sulfonamides is 1. The molecule has 0 spiro atoms. The van der Waals surface area contributed by atoms with Crippen molar-refractivity contribution in [1.29, 1.82) is 0 Å². The third kappa shape index (κ3) is 7.99. The fraction of sp³-hybridized carbons (Fsp3) is 0.304. The summed E-state index contributed by atoms with van der Waals surface area (Å²) in [5, 5.41) is 0. The predicted molar refractivity (Wildman–Crippen MR) is 119 cm³/mol. The van der Waals surface area contributed by atoms with Gasteiger partial charge in [-0.2, -0.15) is 4.72 Å². The Morgan fingerprint density at radius 1 is 1.06 bits per heavy atom. The molecule has 0 saturated carbocycles. The SMILES string of the molecule is CC(=O)OC/C=C/CN(Cc1ccccc1)C(=O)[C@H](C)NS(=O)(=O)c1ccc(C)cc1. The van der Waals surface area contributed by atoms with Crippen molar-refractivity contribution in [2.75, 3.05) is 13.2 Å². The third-order valence-electron chi connectivity index (χ3n) is 4.44. The number of esters is 1. The average molecular weight is 445 g/mol. The third-order valence-corrected chi connectivity index (χ3v) is 5.99. The molecule has 2 aromatic carbocycles. The highest BCUT2D eigenvalue weighted by Gasteiger charge is 2.25. The van der Waals surface area contributed by atoms with Gasteiger partial charge in [0.15, 0.2) is 0 Å². The van der Waals surface area contributed by atoms with Crippen molar-refractivity contribution < 1.29 is 22.7 Å². The number of aryl methyl sites for hydroxylation is 1. The molecule has 0 heterocycles. The van der Waals surface area contributed by atoms with E-state index in [1.165, 1.54) is 26.0 Å². The van der Waals surface area contributed by atoms with Crippen LogP contribution in [0.1, 0.15) is 25.0 Å². The van der Waals surface area contributed by atoms with E-state index < -0.39 is 16.1 Å². The number of nitrogens with zero attached hydrogens (tertiary/aromatic N) is 1. The lowest BCUT2D eigenvalue weighted by Crippen LogP contribution is -2.46. The van der Waals surface area contributed by atoms with Crippen LogP contribution < -0.4 is 4.72 Å². The summed E-state index contributed by atoms with van der Waals surface area (Å²) in [7, 11) is -3.84. The summed E-state index contributed by atoms with van der Waals surface area (Å²) < 4.78 is 32.6. The minimum Gasteiger partial charge on any atom is -0.462 e. The summed E-state index contributed by atoms with van der Waals surface area (Å²) in [6.07, 6.45) is 3.36. The summed E-state index contributed by atoms with van der Waals surface area (Å²) >= 11 is 0. The number of nitrogens with one attached hydrogen (secondary N) is 1. The number of hydrogen-bond acceptors (Lipinski definition) is 5. The molecule has 2 rings (SSSR count). The molecular weight excluding hydrogens is 416 g/mol. The first-order valence-corrected chi connectivity index (χ1v) is 11.4. The van der Waals surface area contributed by atoms with E-state index in [1.807, 2.05) is 37.3 Å². The molecular formula is C23H28N2O5S. The minimum atomic E-state index is -3.84. The highest BCUT2D eigenvalue weighted by Crippen LogP contribution is 2.12. The lowest BCUT2D eigenvalue weighted by Gasteiger charge is -2.25. The molecule has 0 bridgehead atoms. The largest absolute Gasteiger partial charge is 0.462 e. The predicted octanol–water partition coefficient (Wildman–Crippen LogP) is 2.81. The number of benzene rings is 2. The van der Waals surface area contributed by atoms with E-state index in [1.54, 1.807) is 29.2 Å². The second-order valence-electron chi connectivity index (χ2n) is 7.13. The van der Waals surface area contributed by atoms with Crippen LogP contribution >= 0.6 is 0 Å². The summed E-state index contributed by atoms with van der Waals surface area (Å²) in [5.74, 6) is -0.752. The first-order valence-electron chi connectivity index (χ1n) is 9.89. The highest BCUT2D eigenvalue weighted by atomic mass is 32.2. The van der Waals surface area contributed by atoms with Gasteiger partial charge in [0.05, 0.1) is 10.9 Å². The summed E-state index contributed by atoms with van der Waals surface area (Å²) in [4.78, 5) is 25.6. The van der Waals surface area contributed by atoms with Gasteiger partial charge in [-0.15, -0.1) is 0 Å². The molecule has 0 aliphatic carbocycles. The van der Waals surface area contributed by atoms with Gasteiger partial charge in [0.1, 0.15) is 6.61 Å². The Balaban J connectivity index is 2.11. The Bertz CT molecular complexity index is 1000. The van der Waals surface area contributed by atoms with Crippen molar-refractivity contribution in [1.82, 2.24) is 9.62 Å². The number of hydrogen-bond donors (Lipinski definition) is 1. The van der Waals surface area contributed by atoms with Gasteiger partial charge in [-0.25, -0.2) is 8.42 Å². The van der Waals surface area contributed by atoms with Crippen LogP contribution in [0.25, 0.3) is 0 Å². The Morgan fingerprint density at radius 3 is 2.32 bits per heavy atom. The molecule has 0 fully saturated rings. The maximum Gasteiger partial charge on any atom is 0.302 e. The quantitative estimate of drug-likeness (QED) is 0.449. The van der Waals surface area contributed by atoms with Crippen LogP contribution in [0.4, 0.5) is 0 Å². The second-order valence-corrected chi connectivity index (χ2v) is 8.85. The van der Waals surface area contributed by atoms with Crippen LogP contribution in [0.3, 0.4) is 0 Å². The van der Waals surface area contributed by atoms with Gasteiger partial charge >= 0.3 is 5.97 Å². The number of carbonyl (C=O) groups excluding carboxylic acids is 2. The maximum atomic E-state index is 13.1. The first kappa shape index (κ1) is 24.3. The van der Waals surface area contributed by atoms with E-state index >= 15 is 0 Å². The standard InChI is InChI=1S/C23H28N2O5S/c1-18-11-13-22(14-12-18)31(28,29)24-19(2)23(27)25(15-7-8-16-30-20(3)26)17-21-9-5-4-6-10-21/h4-14,19,24H,15-17H2,1-3H3/b8-7+/t19-/m0/s1. The van der Waals surface area contributed by atoms with Crippen molar-refractivity contribution in [2.45, 2.75) is 38.3 Å². The molecule has 166 valence electrons. The van der Waals surface area contributed by atoms with Gasteiger partial charge < -0.3 is 9.64 Å². The Kier molecular flexibility index (Phi) is 8.96. The van der Waals surface area contributed by atoms with Gasteiger partial charge in [-0.05, 0) is 37.6 Å². The summed E-state index contributed by atoms with van der Waals surface area (Å²) in [6.45, 7) is 5.38. The number of amides is 1. The minimum absolute atomic E-state index is 0.105. The van der Waals surface area contributed by atoms with E-state index in [9.17, 15) is 18.0 Å². The van der Waals surface area contributed by atoms with Crippen LogP contribution in [0.2, 0.25) is 0 Å². The molecule has 8 heteroatoms. The zero-order chi connectivity index (χ0) is 22.9. The molecule has 0 unspecified atom stereocenters. The van der Waals surface area contributed by atoms with Crippen molar-refractivity contribution in [3.63, 3.8) is 0 Å². The second kappa shape index (κ2) is 11.4. The Hall–Kier alpha value is -2.97. The molecule has 0 aliphatic rings. The molecule has 2 aromatic rings. The van der Waals surface area contributed by atoms with Gasteiger partial charge in [-0.3, -0.25) is 9.59 Å². The normalized spacial score (nSPS) is 12.5. The molecule has 0 aromatic heterocycles. The number of carbonyl (C=O) groups is 2. The monoisotopic (exact) mass is 444 g/mol. The van der Waals surface area contributed by atoms with E-state index in [4.69, 9.17) is 4.74 Å². The molecule has 0 aliphatic heterocycles. The van der Waals surface area contributed by atoms with Crippen molar-refractivity contribution >= 4 is 21.9 Å². The zero-order valence-electron chi connectivity index (χ0n) is 17.9. The summed E-state index contributed by atoms with van der Waals surface area (Å²) in [5.41, 5.74) is 1.86. The molecule has 1 atom stereocenters. The van der Waals surface area contributed by atoms with Crippen LogP contribution in [-0.2, 0) is 30.9 Å². The molecule has 7 nitrogen and oxygen atoms in total. The molecule has 1 amide bonds.